The number of aromatic amines is 1. The number of pyridine rings is 1. The number of hydrogen-bond acceptors (Lipinski definition) is 3. The molecule has 3 rings (SSSR count). The average Bonchev–Trinajstić information content (AvgIpc) is 2.74. The summed E-state index contributed by atoms with van der Waals surface area (Å²) in [4.78, 5) is 21.5. The highest BCUT2D eigenvalue weighted by molar-refractivity contribution is 5.82. The molecule has 2 aromatic rings. The highest BCUT2D eigenvalue weighted by Crippen LogP contribution is 2.27. The SMILES string of the molecule is CC(C)(C)OC(=O)N1CCc2c([nH]c3ncccc23)C1. The van der Waals surface area contributed by atoms with Crippen molar-refractivity contribution in [1.82, 2.24) is 14.9 Å². The summed E-state index contributed by atoms with van der Waals surface area (Å²) in [5.74, 6) is 0. The molecule has 1 aliphatic heterocycles. The molecule has 0 atom stereocenters. The molecule has 0 saturated heterocycles. The Labute approximate surface area is 117 Å². The van der Waals surface area contributed by atoms with E-state index in [0.29, 0.717) is 13.1 Å². The van der Waals surface area contributed by atoms with Gasteiger partial charge in [-0.25, -0.2) is 9.78 Å². The number of fused-ring (bicyclic) bond motifs is 3. The predicted octanol–water partition coefficient (Wildman–Crippen LogP) is 2.86. The van der Waals surface area contributed by atoms with Crippen LogP contribution in [0.5, 0.6) is 0 Å². The van der Waals surface area contributed by atoms with Crippen LogP contribution in [0.3, 0.4) is 0 Å². The Balaban J connectivity index is 1.84. The molecule has 0 saturated carbocycles. The summed E-state index contributed by atoms with van der Waals surface area (Å²) >= 11 is 0. The summed E-state index contributed by atoms with van der Waals surface area (Å²) in [7, 11) is 0. The average molecular weight is 273 g/mol. The standard InChI is InChI=1S/C15H19N3O2/c1-15(2,3)20-14(19)18-8-6-10-11-5-4-7-16-13(11)17-12(10)9-18/h4-5,7H,6,8-9H2,1-3H3,(H,16,17). The molecule has 0 bridgehead atoms. The minimum atomic E-state index is -0.459. The molecule has 0 radical (unpaired) electrons. The summed E-state index contributed by atoms with van der Waals surface area (Å²) in [6.45, 7) is 6.89. The lowest BCUT2D eigenvalue weighted by Crippen LogP contribution is -2.39. The molecule has 1 amide bonds. The molecular formula is C15H19N3O2. The molecule has 20 heavy (non-hydrogen) atoms. The largest absolute Gasteiger partial charge is 0.444 e. The fourth-order valence-electron chi connectivity index (χ4n) is 2.55. The zero-order chi connectivity index (χ0) is 14.3. The molecule has 5 heteroatoms. The first-order chi connectivity index (χ1) is 9.44. The van der Waals surface area contributed by atoms with Crippen LogP contribution in [-0.4, -0.2) is 33.1 Å². The smallest absolute Gasteiger partial charge is 0.410 e. The van der Waals surface area contributed by atoms with Crippen LogP contribution in [0.25, 0.3) is 11.0 Å². The third kappa shape index (κ3) is 2.35. The lowest BCUT2D eigenvalue weighted by molar-refractivity contribution is 0.0222. The first-order valence-electron chi connectivity index (χ1n) is 6.86. The van der Waals surface area contributed by atoms with Crippen LogP contribution in [-0.2, 0) is 17.7 Å². The van der Waals surface area contributed by atoms with Crippen molar-refractivity contribution in [2.24, 2.45) is 0 Å². The fraction of sp³-hybridized carbons (Fsp3) is 0.467. The number of carbonyl (C=O) groups excluding carboxylic acids is 1. The first kappa shape index (κ1) is 13.0. The Morgan fingerprint density at radius 3 is 3.00 bits per heavy atom. The zero-order valence-electron chi connectivity index (χ0n) is 12.1. The monoisotopic (exact) mass is 273 g/mol. The zero-order valence-corrected chi connectivity index (χ0v) is 12.1. The molecule has 0 fully saturated rings. The number of rotatable bonds is 0. The molecule has 5 nitrogen and oxygen atoms in total. The number of nitrogens with one attached hydrogen (secondary N) is 1. The number of amides is 1. The summed E-state index contributed by atoms with van der Waals surface area (Å²) in [6.07, 6.45) is 2.35. The number of nitrogens with zero attached hydrogens (tertiary/aromatic N) is 2. The van der Waals surface area contributed by atoms with Crippen LogP contribution in [0, 0.1) is 0 Å². The van der Waals surface area contributed by atoms with Crippen LogP contribution >= 0.6 is 0 Å². The summed E-state index contributed by atoms with van der Waals surface area (Å²) in [6, 6.07) is 4.01. The van der Waals surface area contributed by atoms with Crippen molar-refractivity contribution in [2.75, 3.05) is 6.54 Å². The molecule has 3 heterocycles. The van der Waals surface area contributed by atoms with Crippen LogP contribution in [0.4, 0.5) is 4.79 Å². The quantitative estimate of drug-likeness (QED) is 0.803. The molecule has 2 aromatic heterocycles. The second kappa shape index (κ2) is 4.51. The Morgan fingerprint density at radius 2 is 2.25 bits per heavy atom. The van der Waals surface area contributed by atoms with Gasteiger partial charge < -0.3 is 14.6 Å². The second-order valence-corrected chi connectivity index (χ2v) is 6.13. The van der Waals surface area contributed by atoms with Gasteiger partial charge in [-0.3, -0.25) is 0 Å². The van der Waals surface area contributed by atoms with Gasteiger partial charge in [0.25, 0.3) is 0 Å². The van der Waals surface area contributed by atoms with E-state index in [1.165, 1.54) is 5.56 Å². The van der Waals surface area contributed by atoms with Crippen molar-refractivity contribution in [3.63, 3.8) is 0 Å². The third-order valence-corrected chi connectivity index (χ3v) is 3.40. The number of aromatic nitrogens is 2. The normalized spacial score (nSPS) is 15.2. The van der Waals surface area contributed by atoms with E-state index in [9.17, 15) is 4.79 Å². The van der Waals surface area contributed by atoms with Gasteiger partial charge in [-0.15, -0.1) is 0 Å². The van der Waals surface area contributed by atoms with E-state index in [0.717, 1.165) is 23.1 Å². The topological polar surface area (TPSA) is 58.2 Å². The van der Waals surface area contributed by atoms with Gasteiger partial charge in [0.2, 0.25) is 0 Å². The summed E-state index contributed by atoms with van der Waals surface area (Å²) < 4.78 is 5.42. The van der Waals surface area contributed by atoms with Crippen LogP contribution < -0.4 is 0 Å². The van der Waals surface area contributed by atoms with Gasteiger partial charge in [-0.2, -0.15) is 0 Å². The van der Waals surface area contributed by atoms with Gasteiger partial charge in [0.05, 0.1) is 6.54 Å². The van der Waals surface area contributed by atoms with Crippen LogP contribution in [0.15, 0.2) is 18.3 Å². The Morgan fingerprint density at radius 1 is 1.45 bits per heavy atom. The van der Waals surface area contributed by atoms with Crippen molar-refractivity contribution in [1.29, 1.82) is 0 Å². The van der Waals surface area contributed by atoms with Gasteiger partial charge in [0, 0.05) is 23.8 Å². The van der Waals surface area contributed by atoms with E-state index < -0.39 is 5.60 Å². The molecular weight excluding hydrogens is 254 g/mol. The van der Waals surface area contributed by atoms with Crippen molar-refractivity contribution in [2.45, 2.75) is 39.3 Å². The van der Waals surface area contributed by atoms with Crippen LogP contribution in [0.1, 0.15) is 32.0 Å². The minimum absolute atomic E-state index is 0.255. The van der Waals surface area contributed by atoms with Gasteiger partial charge in [0.1, 0.15) is 11.2 Å². The lowest BCUT2D eigenvalue weighted by atomic mass is 10.0. The summed E-state index contributed by atoms with van der Waals surface area (Å²) in [5.41, 5.74) is 2.77. The molecule has 0 aliphatic carbocycles. The molecule has 1 aliphatic rings. The Kier molecular flexibility index (Phi) is 2.92. The Bertz CT molecular complexity index is 655. The molecule has 0 spiro atoms. The Hall–Kier alpha value is -2.04. The number of carbonyl (C=O) groups is 1. The highest BCUT2D eigenvalue weighted by atomic mass is 16.6. The van der Waals surface area contributed by atoms with E-state index in [1.807, 2.05) is 26.8 Å². The number of H-pyrrole nitrogens is 1. The van der Waals surface area contributed by atoms with E-state index in [4.69, 9.17) is 4.74 Å². The van der Waals surface area contributed by atoms with Crippen molar-refractivity contribution in [3.8, 4) is 0 Å². The second-order valence-electron chi connectivity index (χ2n) is 6.13. The van der Waals surface area contributed by atoms with E-state index in [1.54, 1.807) is 11.1 Å². The maximum Gasteiger partial charge on any atom is 0.410 e. The van der Waals surface area contributed by atoms with E-state index in [2.05, 4.69) is 16.0 Å². The third-order valence-electron chi connectivity index (χ3n) is 3.40. The maximum atomic E-state index is 12.1. The van der Waals surface area contributed by atoms with Gasteiger partial charge in [-0.05, 0) is 44.9 Å². The molecule has 0 aromatic carbocycles. The minimum Gasteiger partial charge on any atom is -0.444 e. The number of ether oxygens (including phenoxy) is 1. The number of hydrogen-bond donors (Lipinski definition) is 1. The van der Waals surface area contributed by atoms with Crippen molar-refractivity contribution < 1.29 is 9.53 Å². The van der Waals surface area contributed by atoms with E-state index in [-0.39, 0.29) is 6.09 Å². The molecule has 1 N–H and O–H groups in total. The first-order valence-corrected chi connectivity index (χ1v) is 6.86. The maximum absolute atomic E-state index is 12.1. The van der Waals surface area contributed by atoms with Crippen molar-refractivity contribution in [3.05, 3.63) is 29.6 Å². The predicted molar refractivity (Wildman–Crippen MR) is 76.4 cm³/mol. The van der Waals surface area contributed by atoms with Gasteiger partial charge in [0.15, 0.2) is 0 Å². The fourth-order valence-corrected chi connectivity index (χ4v) is 2.55. The van der Waals surface area contributed by atoms with E-state index >= 15 is 0 Å². The van der Waals surface area contributed by atoms with Crippen LogP contribution in [0.2, 0.25) is 0 Å². The lowest BCUT2D eigenvalue weighted by Gasteiger charge is -2.30. The van der Waals surface area contributed by atoms with Gasteiger partial charge in [-0.1, -0.05) is 0 Å². The summed E-state index contributed by atoms with van der Waals surface area (Å²) in [5, 5.41) is 1.16. The van der Waals surface area contributed by atoms with Crippen molar-refractivity contribution >= 4 is 17.1 Å². The molecule has 0 unspecified atom stereocenters. The van der Waals surface area contributed by atoms with Gasteiger partial charge >= 0.3 is 6.09 Å². The highest BCUT2D eigenvalue weighted by Gasteiger charge is 2.27. The molecule has 106 valence electrons.